The summed E-state index contributed by atoms with van der Waals surface area (Å²) in [6.45, 7) is 2.61. The van der Waals surface area contributed by atoms with Crippen LogP contribution in [0.15, 0.2) is 47.2 Å². The van der Waals surface area contributed by atoms with Crippen LogP contribution in [0.5, 0.6) is 0 Å². The highest BCUT2D eigenvalue weighted by Crippen LogP contribution is 2.24. The van der Waals surface area contributed by atoms with Crippen LogP contribution in [0.3, 0.4) is 0 Å². The standard InChI is InChI=1S/C15H12BrN3O/c1-2-19-14(12(16)9-18-19)15(20)11-7-8-17-13-6-4-3-5-10(11)13/h3-9H,2H2,1H3. The van der Waals surface area contributed by atoms with Gasteiger partial charge in [-0.25, -0.2) is 0 Å². The molecular formula is C15H12BrN3O. The molecule has 2 aromatic heterocycles. The number of benzene rings is 1. The van der Waals surface area contributed by atoms with Gasteiger partial charge in [0.2, 0.25) is 5.78 Å². The summed E-state index contributed by atoms with van der Waals surface area (Å²) in [5.41, 5.74) is 2.03. The van der Waals surface area contributed by atoms with Gasteiger partial charge in [0.15, 0.2) is 0 Å². The van der Waals surface area contributed by atoms with Crippen LogP contribution >= 0.6 is 15.9 Å². The zero-order chi connectivity index (χ0) is 14.1. The summed E-state index contributed by atoms with van der Waals surface area (Å²) in [4.78, 5) is 17.1. The molecule has 1 aromatic carbocycles. The summed E-state index contributed by atoms with van der Waals surface area (Å²) in [7, 11) is 0. The highest BCUT2D eigenvalue weighted by atomic mass is 79.9. The first-order valence-corrected chi connectivity index (χ1v) is 7.11. The molecule has 0 amide bonds. The van der Waals surface area contributed by atoms with Crippen LogP contribution in [-0.4, -0.2) is 20.5 Å². The molecule has 2 heterocycles. The van der Waals surface area contributed by atoms with Crippen LogP contribution in [0.25, 0.3) is 10.9 Å². The molecule has 0 aliphatic rings. The van der Waals surface area contributed by atoms with Crippen LogP contribution in [0.2, 0.25) is 0 Å². The lowest BCUT2D eigenvalue weighted by Gasteiger charge is -2.07. The third kappa shape index (κ3) is 2.04. The van der Waals surface area contributed by atoms with Crippen LogP contribution in [0.1, 0.15) is 23.0 Å². The summed E-state index contributed by atoms with van der Waals surface area (Å²) in [5, 5.41) is 5.05. The fourth-order valence-corrected chi connectivity index (χ4v) is 2.73. The molecule has 5 heteroatoms. The number of aryl methyl sites for hydroxylation is 1. The Bertz CT molecular complexity index is 789. The number of rotatable bonds is 3. The van der Waals surface area contributed by atoms with Crippen molar-refractivity contribution in [3.05, 3.63) is 58.5 Å². The fraction of sp³-hybridized carbons (Fsp3) is 0.133. The zero-order valence-electron chi connectivity index (χ0n) is 10.9. The van der Waals surface area contributed by atoms with E-state index in [9.17, 15) is 4.79 Å². The van der Waals surface area contributed by atoms with E-state index in [1.165, 1.54) is 0 Å². The SMILES string of the molecule is CCn1ncc(Br)c1C(=O)c1ccnc2ccccc12. The zero-order valence-corrected chi connectivity index (χ0v) is 12.5. The van der Waals surface area contributed by atoms with Crippen molar-refractivity contribution in [3.8, 4) is 0 Å². The summed E-state index contributed by atoms with van der Waals surface area (Å²) >= 11 is 3.40. The number of aromatic nitrogens is 3. The van der Waals surface area contributed by atoms with E-state index in [0.717, 1.165) is 10.9 Å². The molecule has 0 spiro atoms. The van der Waals surface area contributed by atoms with Crippen molar-refractivity contribution in [1.29, 1.82) is 0 Å². The number of ketones is 1. The van der Waals surface area contributed by atoms with E-state index in [0.29, 0.717) is 22.3 Å². The molecule has 0 aliphatic carbocycles. The summed E-state index contributed by atoms with van der Waals surface area (Å²) < 4.78 is 2.41. The maximum Gasteiger partial charge on any atom is 0.212 e. The second-order valence-corrected chi connectivity index (χ2v) is 5.22. The first kappa shape index (κ1) is 13.0. The Kier molecular flexibility index (Phi) is 3.36. The van der Waals surface area contributed by atoms with Crippen molar-refractivity contribution < 1.29 is 4.79 Å². The minimum Gasteiger partial charge on any atom is -0.287 e. The number of hydrogen-bond donors (Lipinski definition) is 0. The van der Waals surface area contributed by atoms with E-state index < -0.39 is 0 Å². The Morgan fingerprint density at radius 2 is 2.10 bits per heavy atom. The van der Waals surface area contributed by atoms with Gasteiger partial charge < -0.3 is 0 Å². The molecule has 0 N–H and O–H groups in total. The molecule has 0 radical (unpaired) electrons. The summed E-state index contributed by atoms with van der Waals surface area (Å²) in [5.74, 6) is -0.0465. The number of hydrogen-bond acceptors (Lipinski definition) is 3. The molecular weight excluding hydrogens is 318 g/mol. The summed E-state index contributed by atoms with van der Waals surface area (Å²) in [6, 6.07) is 9.39. The predicted octanol–water partition coefficient (Wildman–Crippen LogP) is 3.44. The van der Waals surface area contributed by atoms with E-state index in [-0.39, 0.29) is 5.78 Å². The van der Waals surface area contributed by atoms with Crippen LogP contribution < -0.4 is 0 Å². The van der Waals surface area contributed by atoms with Crippen molar-refractivity contribution in [1.82, 2.24) is 14.8 Å². The molecule has 4 nitrogen and oxygen atoms in total. The normalized spacial score (nSPS) is 10.9. The quantitative estimate of drug-likeness (QED) is 0.691. The van der Waals surface area contributed by atoms with E-state index in [1.54, 1.807) is 23.1 Å². The molecule has 0 bridgehead atoms. The Hall–Kier alpha value is -2.01. The number of carbonyl (C=O) groups is 1. The molecule has 0 atom stereocenters. The van der Waals surface area contributed by atoms with Gasteiger partial charge in [0.1, 0.15) is 5.69 Å². The second-order valence-electron chi connectivity index (χ2n) is 4.36. The van der Waals surface area contributed by atoms with Crippen molar-refractivity contribution in [2.45, 2.75) is 13.5 Å². The average Bonchev–Trinajstić information content (AvgIpc) is 2.87. The minimum absolute atomic E-state index is 0.0465. The lowest BCUT2D eigenvalue weighted by Crippen LogP contribution is -2.11. The molecule has 0 fully saturated rings. The Morgan fingerprint density at radius 3 is 2.90 bits per heavy atom. The Balaban J connectivity index is 2.20. The Labute approximate surface area is 124 Å². The number of fused-ring (bicyclic) bond motifs is 1. The first-order chi connectivity index (χ1) is 9.72. The number of nitrogens with zero attached hydrogens (tertiary/aromatic N) is 3. The van der Waals surface area contributed by atoms with Gasteiger partial charge in [-0.05, 0) is 35.0 Å². The van der Waals surface area contributed by atoms with E-state index in [2.05, 4.69) is 26.0 Å². The summed E-state index contributed by atoms with van der Waals surface area (Å²) in [6.07, 6.45) is 3.32. The van der Waals surface area contributed by atoms with Gasteiger partial charge in [-0.2, -0.15) is 5.10 Å². The first-order valence-electron chi connectivity index (χ1n) is 6.32. The van der Waals surface area contributed by atoms with Gasteiger partial charge in [-0.15, -0.1) is 0 Å². The molecule has 0 saturated heterocycles. The molecule has 0 saturated carbocycles. The van der Waals surface area contributed by atoms with Gasteiger partial charge >= 0.3 is 0 Å². The lowest BCUT2D eigenvalue weighted by atomic mass is 10.0. The molecule has 3 rings (SSSR count). The second kappa shape index (κ2) is 5.17. The highest BCUT2D eigenvalue weighted by Gasteiger charge is 2.20. The van der Waals surface area contributed by atoms with Gasteiger partial charge in [-0.1, -0.05) is 18.2 Å². The van der Waals surface area contributed by atoms with Crippen molar-refractivity contribution in [2.75, 3.05) is 0 Å². The van der Waals surface area contributed by atoms with Crippen LogP contribution in [0, 0.1) is 0 Å². The van der Waals surface area contributed by atoms with Crippen molar-refractivity contribution in [3.63, 3.8) is 0 Å². The number of para-hydroxylation sites is 1. The van der Waals surface area contributed by atoms with Gasteiger partial charge in [-0.3, -0.25) is 14.5 Å². The monoisotopic (exact) mass is 329 g/mol. The average molecular weight is 330 g/mol. The molecule has 20 heavy (non-hydrogen) atoms. The third-order valence-corrected chi connectivity index (χ3v) is 3.78. The smallest absolute Gasteiger partial charge is 0.212 e. The number of halogens is 1. The van der Waals surface area contributed by atoms with Crippen LogP contribution in [-0.2, 0) is 6.54 Å². The maximum absolute atomic E-state index is 12.8. The van der Waals surface area contributed by atoms with Gasteiger partial charge in [0.25, 0.3) is 0 Å². The molecule has 3 aromatic rings. The number of carbonyl (C=O) groups excluding carboxylic acids is 1. The van der Waals surface area contributed by atoms with Crippen molar-refractivity contribution >= 4 is 32.6 Å². The lowest BCUT2D eigenvalue weighted by molar-refractivity contribution is 0.103. The van der Waals surface area contributed by atoms with Crippen LogP contribution in [0.4, 0.5) is 0 Å². The highest BCUT2D eigenvalue weighted by molar-refractivity contribution is 9.10. The molecule has 0 aliphatic heterocycles. The topological polar surface area (TPSA) is 47.8 Å². The molecule has 0 unspecified atom stereocenters. The predicted molar refractivity (Wildman–Crippen MR) is 80.8 cm³/mol. The Morgan fingerprint density at radius 1 is 1.30 bits per heavy atom. The van der Waals surface area contributed by atoms with Gasteiger partial charge in [0, 0.05) is 23.7 Å². The van der Waals surface area contributed by atoms with E-state index >= 15 is 0 Å². The fourth-order valence-electron chi connectivity index (χ4n) is 2.25. The number of pyridine rings is 1. The largest absolute Gasteiger partial charge is 0.287 e. The third-order valence-electron chi connectivity index (χ3n) is 3.20. The minimum atomic E-state index is -0.0465. The van der Waals surface area contributed by atoms with Gasteiger partial charge in [0.05, 0.1) is 16.2 Å². The maximum atomic E-state index is 12.8. The van der Waals surface area contributed by atoms with Crippen molar-refractivity contribution in [2.24, 2.45) is 0 Å². The molecule has 100 valence electrons. The van der Waals surface area contributed by atoms with E-state index in [1.807, 2.05) is 31.2 Å². The van der Waals surface area contributed by atoms with E-state index in [4.69, 9.17) is 0 Å².